The van der Waals surface area contributed by atoms with Crippen molar-refractivity contribution in [1.29, 1.82) is 0 Å². The van der Waals surface area contributed by atoms with Crippen LogP contribution in [0.15, 0.2) is 18.2 Å². The van der Waals surface area contributed by atoms with Crippen molar-refractivity contribution in [1.82, 2.24) is 15.1 Å². The van der Waals surface area contributed by atoms with Crippen molar-refractivity contribution in [3.63, 3.8) is 0 Å². The molecule has 0 aliphatic carbocycles. The van der Waals surface area contributed by atoms with Crippen LogP contribution in [0.5, 0.6) is 5.75 Å². The van der Waals surface area contributed by atoms with Crippen molar-refractivity contribution in [3.8, 4) is 5.75 Å². The van der Waals surface area contributed by atoms with Gasteiger partial charge in [-0.15, -0.1) is 0 Å². The number of likely N-dealkylation sites (N-methyl/N-ethyl adjacent to an activating group) is 1. The Morgan fingerprint density at radius 1 is 1.21 bits per heavy atom. The van der Waals surface area contributed by atoms with Crippen LogP contribution >= 0.6 is 0 Å². The van der Waals surface area contributed by atoms with Gasteiger partial charge in [0.25, 0.3) is 5.91 Å². The Bertz CT molecular complexity index is 862. The lowest BCUT2D eigenvalue weighted by Gasteiger charge is -2.36. The summed E-state index contributed by atoms with van der Waals surface area (Å²) >= 11 is 0. The summed E-state index contributed by atoms with van der Waals surface area (Å²) in [5.41, 5.74) is 0.783. The lowest BCUT2D eigenvalue weighted by Crippen LogP contribution is -2.49. The third-order valence-electron chi connectivity index (χ3n) is 5.71. The molecule has 0 bridgehead atoms. The van der Waals surface area contributed by atoms with E-state index in [4.69, 9.17) is 14.2 Å². The minimum atomic E-state index is -0.362. The molecule has 0 unspecified atom stereocenters. The molecule has 0 saturated carbocycles. The molecule has 3 atom stereocenters. The second kappa shape index (κ2) is 12.6. The number of rotatable bonds is 5. The van der Waals surface area contributed by atoms with E-state index in [9.17, 15) is 14.4 Å². The van der Waals surface area contributed by atoms with Gasteiger partial charge in [0.15, 0.2) is 0 Å². The molecule has 1 heterocycles. The van der Waals surface area contributed by atoms with E-state index in [-0.39, 0.29) is 55.2 Å². The van der Waals surface area contributed by atoms with E-state index < -0.39 is 0 Å². The van der Waals surface area contributed by atoms with Crippen molar-refractivity contribution in [3.05, 3.63) is 23.8 Å². The molecule has 4 amide bonds. The van der Waals surface area contributed by atoms with Crippen molar-refractivity contribution >= 4 is 23.5 Å². The summed E-state index contributed by atoms with van der Waals surface area (Å²) in [6.07, 6.45) is -0.291. The zero-order chi connectivity index (χ0) is 25.4. The molecule has 1 aromatic rings. The van der Waals surface area contributed by atoms with Crippen LogP contribution in [-0.4, -0.2) is 93.4 Å². The zero-order valence-corrected chi connectivity index (χ0v) is 21.2. The van der Waals surface area contributed by atoms with Crippen LogP contribution < -0.4 is 15.4 Å². The first kappa shape index (κ1) is 27.4. The third kappa shape index (κ3) is 7.33. The Morgan fingerprint density at radius 3 is 2.53 bits per heavy atom. The number of methoxy groups -OCH3 is 2. The quantitative estimate of drug-likeness (QED) is 0.672. The molecule has 1 aromatic carbocycles. The first-order chi connectivity index (χ1) is 16.1. The molecular weight excluding hydrogens is 440 g/mol. The van der Waals surface area contributed by atoms with Gasteiger partial charge in [0.05, 0.1) is 17.7 Å². The first-order valence-electron chi connectivity index (χ1n) is 11.5. The highest BCUT2D eigenvalue weighted by Crippen LogP contribution is 2.26. The Kier molecular flexibility index (Phi) is 10.1. The van der Waals surface area contributed by atoms with E-state index in [0.717, 1.165) is 0 Å². The number of benzene rings is 1. The first-order valence-corrected chi connectivity index (χ1v) is 11.5. The van der Waals surface area contributed by atoms with Crippen molar-refractivity contribution < 1.29 is 28.6 Å². The van der Waals surface area contributed by atoms with Crippen LogP contribution in [0.3, 0.4) is 0 Å². The Hall–Kier alpha value is -2.85. The molecule has 10 nitrogen and oxygen atoms in total. The molecule has 2 N–H and O–H groups in total. The fourth-order valence-corrected chi connectivity index (χ4v) is 3.84. The maximum absolute atomic E-state index is 13.4. The summed E-state index contributed by atoms with van der Waals surface area (Å²) < 4.78 is 16.8. The van der Waals surface area contributed by atoms with Crippen LogP contribution in [0.1, 0.15) is 38.1 Å². The number of carbonyl (C=O) groups is 3. The zero-order valence-electron chi connectivity index (χ0n) is 21.2. The average molecular weight is 479 g/mol. The molecule has 0 aromatic heterocycles. The van der Waals surface area contributed by atoms with Gasteiger partial charge < -0.3 is 34.6 Å². The number of hydrogen-bond donors (Lipinski definition) is 2. The van der Waals surface area contributed by atoms with Crippen LogP contribution in [0.25, 0.3) is 0 Å². The number of carbonyl (C=O) groups excluding carboxylic acids is 3. The molecule has 0 radical (unpaired) electrons. The molecule has 0 spiro atoms. The fraction of sp³-hybridized carbons (Fsp3) is 0.625. The summed E-state index contributed by atoms with van der Waals surface area (Å²) in [5, 5.41) is 5.51. The van der Waals surface area contributed by atoms with Gasteiger partial charge in [-0.25, -0.2) is 4.79 Å². The summed E-state index contributed by atoms with van der Waals surface area (Å²) in [6.45, 7) is 8.52. The molecule has 2 rings (SSSR count). The lowest BCUT2D eigenvalue weighted by molar-refractivity contribution is -0.139. The molecule has 0 fully saturated rings. The number of nitrogens with zero attached hydrogens (tertiary/aromatic N) is 2. The molecule has 190 valence electrons. The largest absolute Gasteiger partial charge is 0.491 e. The van der Waals surface area contributed by atoms with Crippen LogP contribution in [0.4, 0.5) is 10.5 Å². The predicted molar refractivity (Wildman–Crippen MR) is 129 cm³/mol. The van der Waals surface area contributed by atoms with Crippen molar-refractivity contribution in [2.75, 3.05) is 52.9 Å². The van der Waals surface area contributed by atoms with E-state index in [1.165, 1.54) is 7.11 Å². The van der Waals surface area contributed by atoms with Gasteiger partial charge in [-0.2, -0.15) is 0 Å². The second-order valence-electron chi connectivity index (χ2n) is 9.04. The number of ether oxygens (including phenoxy) is 3. The highest BCUT2D eigenvalue weighted by Gasteiger charge is 2.30. The average Bonchev–Trinajstić information content (AvgIpc) is 2.77. The molecule has 1 aliphatic heterocycles. The number of amides is 4. The summed E-state index contributed by atoms with van der Waals surface area (Å²) in [5.74, 6) is -0.0641. The highest BCUT2D eigenvalue weighted by molar-refractivity contribution is 5.99. The van der Waals surface area contributed by atoms with Crippen LogP contribution in [-0.2, 0) is 14.3 Å². The second-order valence-corrected chi connectivity index (χ2v) is 9.04. The number of nitrogens with one attached hydrogen (secondary N) is 2. The molecule has 1 aliphatic rings. The Labute approximate surface area is 201 Å². The maximum atomic E-state index is 13.4. The fourth-order valence-electron chi connectivity index (χ4n) is 3.84. The van der Waals surface area contributed by atoms with Crippen LogP contribution in [0.2, 0.25) is 0 Å². The predicted octanol–water partition coefficient (Wildman–Crippen LogP) is 2.20. The lowest BCUT2D eigenvalue weighted by atomic mass is 10.0. The van der Waals surface area contributed by atoms with Gasteiger partial charge in [-0.1, -0.05) is 6.92 Å². The minimum absolute atomic E-state index is 0.0291. The van der Waals surface area contributed by atoms with E-state index in [1.807, 2.05) is 27.7 Å². The standard InChI is InChI=1S/C24H38N4O6/c1-15(2)25-24(31)26-18-8-9-20-19(10-18)23(30)27(5)12-21(33-7)16(3)11-28(17(4)13-34-20)22(29)14-32-6/h8-10,15-17,21H,11-14H2,1-7H3,(H2,25,26,31)/t16-,17-,21+/m1/s1. The van der Waals surface area contributed by atoms with Gasteiger partial charge in [0, 0.05) is 52.0 Å². The van der Waals surface area contributed by atoms with E-state index in [0.29, 0.717) is 30.1 Å². The van der Waals surface area contributed by atoms with Crippen molar-refractivity contribution in [2.24, 2.45) is 5.92 Å². The van der Waals surface area contributed by atoms with Gasteiger partial charge in [0.1, 0.15) is 19.0 Å². The van der Waals surface area contributed by atoms with E-state index in [1.54, 1.807) is 42.2 Å². The van der Waals surface area contributed by atoms with Gasteiger partial charge >= 0.3 is 6.03 Å². The van der Waals surface area contributed by atoms with Crippen molar-refractivity contribution in [2.45, 2.75) is 45.9 Å². The summed E-state index contributed by atoms with van der Waals surface area (Å²) in [7, 11) is 4.78. The summed E-state index contributed by atoms with van der Waals surface area (Å²) in [4.78, 5) is 41.5. The number of fused-ring (bicyclic) bond motifs is 1. The minimum Gasteiger partial charge on any atom is -0.491 e. The SMILES string of the molecule is COCC(=O)N1C[C@@H](C)[C@@H](OC)CN(C)C(=O)c2cc(NC(=O)NC(C)C)ccc2OC[C@H]1C. The van der Waals surface area contributed by atoms with E-state index in [2.05, 4.69) is 10.6 Å². The van der Waals surface area contributed by atoms with Crippen LogP contribution in [0, 0.1) is 5.92 Å². The smallest absolute Gasteiger partial charge is 0.319 e. The van der Waals surface area contributed by atoms with Gasteiger partial charge in [-0.3, -0.25) is 9.59 Å². The summed E-state index contributed by atoms with van der Waals surface area (Å²) in [6, 6.07) is 4.28. The van der Waals surface area contributed by atoms with Gasteiger partial charge in [-0.05, 0) is 39.0 Å². The molecular formula is C24H38N4O6. The monoisotopic (exact) mass is 478 g/mol. The maximum Gasteiger partial charge on any atom is 0.319 e. The number of urea groups is 1. The topological polar surface area (TPSA) is 109 Å². The Balaban J connectivity index is 2.41. The molecule has 0 saturated heterocycles. The number of hydrogen-bond acceptors (Lipinski definition) is 6. The Morgan fingerprint density at radius 2 is 1.91 bits per heavy atom. The molecule has 34 heavy (non-hydrogen) atoms. The highest BCUT2D eigenvalue weighted by atomic mass is 16.5. The molecule has 10 heteroatoms. The number of anilines is 1. The van der Waals surface area contributed by atoms with Gasteiger partial charge in [0.2, 0.25) is 5.91 Å². The van der Waals surface area contributed by atoms with E-state index >= 15 is 0 Å². The normalized spacial score (nSPS) is 21.8. The third-order valence-corrected chi connectivity index (χ3v) is 5.71.